The summed E-state index contributed by atoms with van der Waals surface area (Å²) in [7, 11) is 2.14. The molecule has 0 unspecified atom stereocenters. The number of aromatic nitrogens is 2. The second-order valence-corrected chi connectivity index (χ2v) is 7.00. The molecule has 5 heteroatoms. The van der Waals surface area contributed by atoms with Gasteiger partial charge in [0, 0.05) is 31.7 Å². The van der Waals surface area contributed by atoms with Gasteiger partial charge < -0.3 is 10.1 Å². The molecule has 1 fully saturated rings. The van der Waals surface area contributed by atoms with Gasteiger partial charge in [0.05, 0.1) is 5.39 Å². The van der Waals surface area contributed by atoms with Crippen molar-refractivity contribution in [2.75, 3.05) is 33.2 Å². The van der Waals surface area contributed by atoms with E-state index in [0.717, 1.165) is 64.2 Å². The summed E-state index contributed by atoms with van der Waals surface area (Å²) in [6, 6.07) is 14.3. The van der Waals surface area contributed by atoms with E-state index in [1.165, 1.54) is 0 Å². The fourth-order valence-corrected chi connectivity index (χ4v) is 4.00. The molecule has 3 aromatic rings. The molecule has 1 aliphatic carbocycles. The van der Waals surface area contributed by atoms with Gasteiger partial charge in [0.2, 0.25) is 0 Å². The van der Waals surface area contributed by atoms with Gasteiger partial charge in [0.1, 0.15) is 12.2 Å². The van der Waals surface area contributed by atoms with Crippen molar-refractivity contribution >= 4 is 10.9 Å². The zero-order valence-corrected chi connectivity index (χ0v) is 14.3. The topological polar surface area (TPSA) is 46.3 Å². The van der Waals surface area contributed by atoms with Crippen LogP contribution in [0.2, 0.25) is 0 Å². The summed E-state index contributed by atoms with van der Waals surface area (Å²) < 4.78 is 1.07. The maximum absolute atomic E-state index is 13.2. The average Bonchev–Trinajstić information content (AvgIpc) is 2.98. The van der Waals surface area contributed by atoms with Gasteiger partial charge >= 0.3 is 5.82 Å². The van der Waals surface area contributed by atoms with Gasteiger partial charge in [-0.3, -0.25) is 4.90 Å². The van der Waals surface area contributed by atoms with E-state index in [9.17, 15) is 5.21 Å². The molecule has 126 valence electrons. The summed E-state index contributed by atoms with van der Waals surface area (Å²) in [5, 5.41) is 14.2. The van der Waals surface area contributed by atoms with Crippen LogP contribution in [0, 0.1) is 5.21 Å². The molecular weight excluding hydrogens is 312 g/mol. The highest BCUT2D eigenvalue weighted by molar-refractivity contribution is 6.11. The van der Waals surface area contributed by atoms with Crippen LogP contribution in [-0.4, -0.2) is 48.0 Å². The molecule has 0 radical (unpaired) electrons. The fourth-order valence-electron chi connectivity index (χ4n) is 4.00. The third-order valence-electron chi connectivity index (χ3n) is 5.40. The van der Waals surface area contributed by atoms with E-state index in [1.54, 1.807) is 0 Å². The molecule has 2 heterocycles. The van der Waals surface area contributed by atoms with Crippen molar-refractivity contribution in [1.82, 2.24) is 14.8 Å². The van der Waals surface area contributed by atoms with Crippen molar-refractivity contribution in [2.24, 2.45) is 0 Å². The van der Waals surface area contributed by atoms with Gasteiger partial charge in [-0.05, 0) is 29.2 Å². The lowest BCUT2D eigenvalue weighted by Gasteiger charge is -2.31. The van der Waals surface area contributed by atoms with E-state index in [0.29, 0.717) is 12.4 Å². The standard InChI is InChI=1S/C20H20N4O/c1-22-9-11-23(12-10-22)13-18-21-17-8-4-7-15-14-5-2-3-6-16(14)20(19(15)17)24(18)25/h2-8H,9-13H2,1H3. The number of hydrogen-bond acceptors (Lipinski definition) is 4. The molecular formula is C20H20N4O. The minimum atomic E-state index is 0.598. The van der Waals surface area contributed by atoms with E-state index in [4.69, 9.17) is 4.98 Å². The fraction of sp³-hybridized carbons (Fsp3) is 0.300. The van der Waals surface area contributed by atoms with Crippen LogP contribution in [0.3, 0.4) is 0 Å². The van der Waals surface area contributed by atoms with E-state index in [2.05, 4.69) is 29.0 Å². The predicted molar refractivity (Wildman–Crippen MR) is 97.9 cm³/mol. The maximum atomic E-state index is 13.2. The van der Waals surface area contributed by atoms with Gasteiger partial charge in [0.25, 0.3) is 0 Å². The highest BCUT2D eigenvalue weighted by atomic mass is 16.5. The number of likely N-dealkylation sites (N-methyl/N-ethyl adjacent to an activating group) is 1. The second-order valence-electron chi connectivity index (χ2n) is 7.00. The first-order valence-corrected chi connectivity index (χ1v) is 8.78. The van der Waals surface area contributed by atoms with Crippen molar-refractivity contribution in [3.05, 3.63) is 53.5 Å². The Balaban J connectivity index is 1.64. The number of rotatable bonds is 2. The van der Waals surface area contributed by atoms with Gasteiger partial charge in [0.15, 0.2) is 5.52 Å². The minimum absolute atomic E-state index is 0.598. The van der Waals surface area contributed by atoms with Crippen LogP contribution in [0.4, 0.5) is 0 Å². The Labute approximate surface area is 146 Å². The Hall–Kier alpha value is -2.50. The second kappa shape index (κ2) is 5.51. The van der Waals surface area contributed by atoms with E-state index < -0.39 is 0 Å². The lowest BCUT2D eigenvalue weighted by Crippen LogP contribution is -2.47. The van der Waals surface area contributed by atoms with Crippen LogP contribution in [0.1, 0.15) is 5.82 Å². The smallest absolute Gasteiger partial charge is 0.316 e. The number of hydrogen-bond donors (Lipinski definition) is 0. The number of benzene rings is 2. The highest BCUT2D eigenvalue weighted by Gasteiger charge is 2.30. The maximum Gasteiger partial charge on any atom is 0.316 e. The number of nitrogens with zero attached hydrogens (tertiary/aromatic N) is 4. The monoisotopic (exact) mass is 332 g/mol. The summed E-state index contributed by atoms with van der Waals surface area (Å²) in [5.74, 6) is 0.598. The van der Waals surface area contributed by atoms with Crippen molar-refractivity contribution in [3.63, 3.8) is 0 Å². The summed E-state index contributed by atoms with van der Waals surface area (Å²) in [4.78, 5) is 9.36. The van der Waals surface area contributed by atoms with Crippen LogP contribution < -0.4 is 4.73 Å². The number of piperazine rings is 1. The van der Waals surface area contributed by atoms with Gasteiger partial charge in [-0.1, -0.05) is 36.4 Å². The van der Waals surface area contributed by atoms with Crippen LogP contribution in [0.15, 0.2) is 42.5 Å². The SMILES string of the molecule is CN1CCN(Cc2nc3cccc4c3c([n+]2[O-])-c2ccccc2-4)CC1. The number of fused-ring (bicyclic) bond motifs is 3. The first kappa shape index (κ1) is 14.8. The molecule has 0 spiro atoms. The predicted octanol–water partition coefficient (Wildman–Crippen LogP) is 2.26. The Kier molecular flexibility index (Phi) is 3.26. The average molecular weight is 332 g/mol. The molecule has 2 aromatic carbocycles. The molecule has 25 heavy (non-hydrogen) atoms. The van der Waals surface area contributed by atoms with Crippen molar-refractivity contribution in [1.29, 1.82) is 0 Å². The molecule has 0 N–H and O–H groups in total. The molecule has 1 aliphatic heterocycles. The highest BCUT2D eigenvalue weighted by Crippen LogP contribution is 2.44. The quantitative estimate of drug-likeness (QED) is 0.417. The molecule has 0 atom stereocenters. The molecule has 0 amide bonds. The summed E-state index contributed by atoms with van der Waals surface area (Å²) in [5.41, 5.74) is 4.95. The van der Waals surface area contributed by atoms with Crippen LogP contribution in [0.25, 0.3) is 33.3 Å². The Morgan fingerprint density at radius 3 is 2.48 bits per heavy atom. The molecule has 1 saturated heterocycles. The Bertz CT molecular complexity index is 977. The van der Waals surface area contributed by atoms with Gasteiger partial charge in [-0.2, -0.15) is 0 Å². The first-order chi connectivity index (χ1) is 12.2. The van der Waals surface area contributed by atoms with Gasteiger partial charge in [-0.25, -0.2) is 4.73 Å². The zero-order valence-electron chi connectivity index (χ0n) is 14.3. The summed E-state index contributed by atoms with van der Waals surface area (Å²) in [6.07, 6.45) is 0. The lowest BCUT2D eigenvalue weighted by atomic mass is 10.1. The Morgan fingerprint density at radius 2 is 1.68 bits per heavy atom. The van der Waals surface area contributed by atoms with Crippen LogP contribution in [-0.2, 0) is 6.54 Å². The molecule has 5 nitrogen and oxygen atoms in total. The minimum Gasteiger partial charge on any atom is -0.710 e. The largest absolute Gasteiger partial charge is 0.710 e. The lowest BCUT2D eigenvalue weighted by molar-refractivity contribution is -0.606. The third-order valence-corrected chi connectivity index (χ3v) is 5.40. The van der Waals surface area contributed by atoms with Crippen molar-refractivity contribution < 1.29 is 4.73 Å². The first-order valence-electron chi connectivity index (χ1n) is 8.78. The van der Waals surface area contributed by atoms with E-state index in [-0.39, 0.29) is 0 Å². The molecule has 0 saturated carbocycles. The molecule has 5 rings (SSSR count). The van der Waals surface area contributed by atoms with Crippen molar-refractivity contribution in [3.8, 4) is 22.4 Å². The molecule has 1 aromatic heterocycles. The van der Waals surface area contributed by atoms with Crippen LogP contribution >= 0.6 is 0 Å². The molecule has 0 bridgehead atoms. The van der Waals surface area contributed by atoms with Crippen molar-refractivity contribution in [2.45, 2.75) is 6.54 Å². The van der Waals surface area contributed by atoms with E-state index >= 15 is 0 Å². The van der Waals surface area contributed by atoms with Crippen LogP contribution in [0.5, 0.6) is 0 Å². The Morgan fingerprint density at radius 1 is 0.960 bits per heavy atom. The molecule has 2 aliphatic rings. The van der Waals surface area contributed by atoms with E-state index in [1.807, 2.05) is 30.3 Å². The zero-order chi connectivity index (χ0) is 17.0. The summed E-state index contributed by atoms with van der Waals surface area (Å²) in [6.45, 7) is 4.62. The normalized spacial score (nSPS) is 17.2. The van der Waals surface area contributed by atoms with Gasteiger partial charge in [-0.15, -0.1) is 0 Å². The summed E-state index contributed by atoms with van der Waals surface area (Å²) >= 11 is 0. The third kappa shape index (κ3) is 2.23.